The molecule has 0 bridgehead atoms. The van der Waals surface area contributed by atoms with E-state index in [0.717, 1.165) is 11.3 Å². The highest BCUT2D eigenvalue weighted by atomic mass is 32.1. The molecule has 0 saturated heterocycles. The van der Waals surface area contributed by atoms with Gasteiger partial charge < -0.3 is 5.11 Å². The lowest BCUT2D eigenvalue weighted by atomic mass is 10.1. The van der Waals surface area contributed by atoms with Crippen molar-refractivity contribution in [2.45, 2.75) is 6.10 Å². The highest BCUT2D eigenvalue weighted by molar-refractivity contribution is 7.14. The number of amides is 1. The third kappa shape index (κ3) is 3.19. The van der Waals surface area contributed by atoms with Crippen molar-refractivity contribution in [1.82, 2.24) is 9.97 Å². The first-order chi connectivity index (χ1) is 10.7. The summed E-state index contributed by atoms with van der Waals surface area (Å²) in [6.07, 6.45) is 2.16. The molecule has 0 fully saturated rings. The maximum Gasteiger partial charge on any atom is 0.259 e. The second-order valence-corrected chi connectivity index (χ2v) is 5.43. The van der Waals surface area contributed by atoms with Crippen LogP contribution < -0.4 is 5.32 Å². The highest BCUT2D eigenvalue weighted by Gasteiger charge is 2.18. The minimum absolute atomic E-state index is 0.451. The van der Waals surface area contributed by atoms with Crippen LogP contribution in [0.1, 0.15) is 11.7 Å². The van der Waals surface area contributed by atoms with Crippen molar-refractivity contribution in [2.75, 3.05) is 5.32 Å². The Morgan fingerprint density at radius 3 is 2.59 bits per heavy atom. The number of nitrogens with zero attached hydrogens (tertiary/aromatic N) is 2. The molecule has 0 spiro atoms. The Labute approximate surface area is 131 Å². The second-order valence-electron chi connectivity index (χ2n) is 4.58. The summed E-state index contributed by atoms with van der Waals surface area (Å²) in [6, 6.07) is 12.5. The zero-order chi connectivity index (χ0) is 15.4. The predicted molar refractivity (Wildman–Crippen MR) is 85.4 cm³/mol. The van der Waals surface area contributed by atoms with Crippen molar-refractivity contribution in [3.63, 3.8) is 0 Å². The minimum atomic E-state index is -1.21. The molecule has 0 radical (unpaired) electrons. The van der Waals surface area contributed by atoms with Gasteiger partial charge in [0.05, 0.1) is 5.69 Å². The Morgan fingerprint density at radius 2 is 1.86 bits per heavy atom. The number of nitrogens with one attached hydrogen (secondary N) is 1. The van der Waals surface area contributed by atoms with Crippen LogP contribution in [0.2, 0.25) is 0 Å². The van der Waals surface area contributed by atoms with Crippen LogP contribution in [0.4, 0.5) is 5.13 Å². The van der Waals surface area contributed by atoms with Crippen molar-refractivity contribution in [3.05, 3.63) is 65.8 Å². The predicted octanol–water partition coefficient (Wildman–Crippen LogP) is 2.88. The summed E-state index contributed by atoms with van der Waals surface area (Å²) < 4.78 is 0. The zero-order valence-electron chi connectivity index (χ0n) is 11.5. The van der Waals surface area contributed by atoms with Gasteiger partial charge in [0.15, 0.2) is 11.2 Å². The van der Waals surface area contributed by atoms with Crippen LogP contribution in [0.25, 0.3) is 11.3 Å². The summed E-state index contributed by atoms with van der Waals surface area (Å²) in [7, 11) is 0. The molecule has 1 aromatic carbocycles. The number of thiazole rings is 1. The summed E-state index contributed by atoms with van der Waals surface area (Å²) >= 11 is 1.31. The fraction of sp³-hybridized carbons (Fsp3) is 0.0625. The number of benzene rings is 1. The molecule has 5 nitrogen and oxygen atoms in total. The normalized spacial score (nSPS) is 11.9. The Hall–Kier alpha value is -2.57. The fourth-order valence-electron chi connectivity index (χ4n) is 1.95. The minimum Gasteiger partial charge on any atom is -0.378 e. The summed E-state index contributed by atoms with van der Waals surface area (Å²) in [6.45, 7) is 0. The van der Waals surface area contributed by atoms with Crippen molar-refractivity contribution >= 4 is 22.4 Å². The highest BCUT2D eigenvalue weighted by Crippen LogP contribution is 2.25. The van der Waals surface area contributed by atoms with E-state index < -0.39 is 12.0 Å². The molecule has 0 saturated carbocycles. The van der Waals surface area contributed by atoms with E-state index in [4.69, 9.17) is 0 Å². The number of carbonyl (C=O) groups excluding carboxylic acids is 1. The number of anilines is 1. The molecule has 3 rings (SSSR count). The van der Waals surface area contributed by atoms with Gasteiger partial charge in [-0.3, -0.25) is 15.1 Å². The molecule has 1 amide bonds. The Bertz CT molecular complexity index is 759. The molecule has 1 atom stereocenters. The van der Waals surface area contributed by atoms with Gasteiger partial charge in [0.25, 0.3) is 5.91 Å². The van der Waals surface area contributed by atoms with E-state index in [9.17, 15) is 9.90 Å². The van der Waals surface area contributed by atoms with Gasteiger partial charge in [0, 0.05) is 23.3 Å². The average molecular weight is 311 g/mol. The molecule has 22 heavy (non-hydrogen) atoms. The van der Waals surface area contributed by atoms with Gasteiger partial charge in [-0.05, 0) is 17.7 Å². The first-order valence-electron chi connectivity index (χ1n) is 6.64. The Kier molecular flexibility index (Phi) is 4.22. The zero-order valence-corrected chi connectivity index (χ0v) is 12.3. The number of aromatic nitrogens is 2. The quantitative estimate of drug-likeness (QED) is 0.777. The standard InChI is InChI=1S/C16H13N3O2S/c20-14(12-4-2-1-3-5-12)15(21)19-16-18-13(10-22-16)11-6-8-17-9-7-11/h1-10,14,20H,(H,18,19,21). The van der Waals surface area contributed by atoms with E-state index in [-0.39, 0.29) is 0 Å². The van der Waals surface area contributed by atoms with Gasteiger partial charge in [-0.15, -0.1) is 11.3 Å². The molecule has 0 aliphatic heterocycles. The average Bonchev–Trinajstić information content (AvgIpc) is 3.04. The number of carbonyl (C=O) groups is 1. The summed E-state index contributed by atoms with van der Waals surface area (Å²) in [5.41, 5.74) is 2.23. The van der Waals surface area contributed by atoms with E-state index in [0.29, 0.717) is 10.7 Å². The van der Waals surface area contributed by atoms with E-state index in [2.05, 4.69) is 15.3 Å². The smallest absolute Gasteiger partial charge is 0.259 e. The molecule has 0 aliphatic rings. The van der Waals surface area contributed by atoms with Gasteiger partial charge in [-0.25, -0.2) is 4.98 Å². The third-order valence-electron chi connectivity index (χ3n) is 3.07. The fourth-order valence-corrected chi connectivity index (χ4v) is 2.67. The molecule has 1 unspecified atom stereocenters. The van der Waals surface area contributed by atoms with Crippen molar-refractivity contribution < 1.29 is 9.90 Å². The molecule has 110 valence electrons. The van der Waals surface area contributed by atoms with Crippen molar-refractivity contribution in [1.29, 1.82) is 0 Å². The SMILES string of the molecule is O=C(Nc1nc(-c2ccncc2)cs1)C(O)c1ccccc1. The number of hydrogen-bond donors (Lipinski definition) is 2. The number of rotatable bonds is 4. The molecule has 0 aliphatic carbocycles. The van der Waals surface area contributed by atoms with E-state index in [1.807, 2.05) is 23.6 Å². The van der Waals surface area contributed by atoms with Crippen LogP contribution in [-0.4, -0.2) is 21.0 Å². The van der Waals surface area contributed by atoms with Crippen LogP contribution in [0.3, 0.4) is 0 Å². The third-order valence-corrected chi connectivity index (χ3v) is 3.83. The molecule has 2 heterocycles. The number of aliphatic hydroxyl groups excluding tert-OH is 1. The Balaban J connectivity index is 1.71. The second kappa shape index (κ2) is 6.46. The van der Waals surface area contributed by atoms with Crippen LogP contribution in [0.5, 0.6) is 0 Å². The lowest BCUT2D eigenvalue weighted by Gasteiger charge is -2.09. The van der Waals surface area contributed by atoms with Gasteiger partial charge in [0.2, 0.25) is 0 Å². The van der Waals surface area contributed by atoms with Crippen molar-refractivity contribution in [2.24, 2.45) is 0 Å². The monoisotopic (exact) mass is 311 g/mol. The molecule has 6 heteroatoms. The molecule has 2 aromatic heterocycles. The molecular weight excluding hydrogens is 298 g/mol. The van der Waals surface area contributed by atoms with Gasteiger partial charge >= 0.3 is 0 Å². The van der Waals surface area contributed by atoms with E-state index in [1.54, 1.807) is 36.7 Å². The molecule has 3 aromatic rings. The lowest BCUT2D eigenvalue weighted by molar-refractivity contribution is -0.124. The first-order valence-corrected chi connectivity index (χ1v) is 7.52. The summed E-state index contributed by atoms with van der Waals surface area (Å²) in [4.78, 5) is 20.4. The van der Waals surface area contributed by atoms with E-state index in [1.165, 1.54) is 11.3 Å². The van der Waals surface area contributed by atoms with Crippen LogP contribution >= 0.6 is 11.3 Å². The first kappa shape index (κ1) is 14.4. The van der Waals surface area contributed by atoms with Crippen LogP contribution in [0, 0.1) is 0 Å². The van der Waals surface area contributed by atoms with Crippen molar-refractivity contribution in [3.8, 4) is 11.3 Å². The van der Waals surface area contributed by atoms with E-state index >= 15 is 0 Å². The van der Waals surface area contributed by atoms with Gasteiger partial charge in [-0.2, -0.15) is 0 Å². The Morgan fingerprint density at radius 1 is 1.14 bits per heavy atom. The van der Waals surface area contributed by atoms with Crippen LogP contribution in [-0.2, 0) is 4.79 Å². The van der Waals surface area contributed by atoms with Gasteiger partial charge in [-0.1, -0.05) is 30.3 Å². The maximum absolute atomic E-state index is 12.1. The van der Waals surface area contributed by atoms with Gasteiger partial charge in [0.1, 0.15) is 0 Å². The topological polar surface area (TPSA) is 75.1 Å². The summed E-state index contributed by atoms with van der Waals surface area (Å²) in [5.74, 6) is -0.498. The summed E-state index contributed by atoms with van der Waals surface area (Å²) in [5, 5.41) is 15.0. The largest absolute Gasteiger partial charge is 0.378 e. The number of hydrogen-bond acceptors (Lipinski definition) is 5. The number of aliphatic hydroxyl groups is 1. The maximum atomic E-state index is 12.1. The molecule has 2 N–H and O–H groups in total. The van der Waals surface area contributed by atoms with Crippen LogP contribution in [0.15, 0.2) is 60.2 Å². The molecular formula is C16H13N3O2S. The lowest BCUT2D eigenvalue weighted by Crippen LogP contribution is -2.20. The number of pyridine rings is 1.